The molecule has 0 aliphatic carbocycles. The van der Waals surface area contributed by atoms with E-state index < -0.39 is 0 Å². The van der Waals surface area contributed by atoms with Gasteiger partial charge in [-0.1, -0.05) is 20.8 Å². The van der Waals surface area contributed by atoms with Crippen LogP contribution < -0.4 is 5.32 Å². The zero-order valence-corrected chi connectivity index (χ0v) is 10.1. The molecule has 0 aliphatic heterocycles. The van der Waals surface area contributed by atoms with Crippen molar-refractivity contribution in [3.8, 4) is 0 Å². The molecule has 0 fully saturated rings. The van der Waals surface area contributed by atoms with Crippen LogP contribution in [0.4, 0.5) is 0 Å². The van der Waals surface area contributed by atoms with E-state index in [4.69, 9.17) is 9.47 Å². The highest BCUT2D eigenvalue weighted by molar-refractivity contribution is 4.58. The van der Waals surface area contributed by atoms with E-state index in [0.29, 0.717) is 0 Å². The van der Waals surface area contributed by atoms with Crippen LogP contribution in [0.25, 0.3) is 0 Å². The lowest BCUT2D eigenvalue weighted by Gasteiger charge is -2.17. The maximum atomic E-state index is 5.51. The Morgan fingerprint density at radius 1 is 1.00 bits per heavy atom. The SMILES string of the molecule is CNCCOCCCOCC(C)(C)C. The predicted octanol–water partition coefficient (Wildman–Crippen LogP) is 1.68. The van der Waals surface area contributed by atoms with Crippen LogP contribution in [0.2, 0.25) is 0 Å². The summed E-state index contributed by atoms with van der Waals surface area (Å²) >= 11 is 0. The monoisotopic (exact) mass is 203 g/mol. The summed E-state index contributed by atoms with van der Waals surface area (Å²) in [5.41, 5.74) is 0.271. The Morgan fingerprint density at radius 3 is 2.21 bits per heavy atom. The minimum Gasteiger partial charge on any atom is -0.381 e. The van der Waals surface area contributed by atoms with E-state index in [0.717, 1.165) is 39.4 Å². The Bertz CT molecular complexity index is 121. The molecule has 0 aromatic rings. The van der Waals surface area contributed by atoms with E-state index in [1.165, 1.54) is 0 Å². The van der Waals surface area contributed by atoms with Gasteiger partial charge < -0.3 is 14.8 Å². The molecule has 0 aromatic carbocycles. The Morgan fingerprint density at radius 2 is 1.64 bits per heavy atom. The highest BCUT2D eigenvalue weighted by Gasteiger charge is 2.09. The standard InChI is InChI=1S/C11H25NO2/c1-11(2,3)10-14-8-5-7-13-9-6-12-4/h12H,5-10H2,1-4H3. The highest BCUT2D eigenvalue weighted by atomic mass is 16.5. The van der Waals surface area contributed by atoms with Gasteiger partial charge in [-0.2, -0.15) is 0 Å². The van der Waals surface area contributed by atoms with Crippen molar-refractivity contribution in [3.05, 3.63) is 0 Å². The minimum absolute atomic E-state index is 0.271. The molecule has 0 atom stereocenters. The van der Waals surface area contributed by atoms with E-state index >= 15 is 0 Å². The van der Waals surface area contributed by atoms with Crippen LogP contribution >= 0.6 is 0 Å². The third kappa shape index (κ3) is 11.9. The summed E-state index contributed by atoms with van der Waals surface area (Å²) in [6, 6.07) is 0. The number of hydrogen-bond donors (Lipinski definition) is 1. The molecule has 0 amide bonds. The van der Waals surface area contributed by atoms with Crippen molar-refractivity contribution in [1.29, 1.82) is 0 Å². The minimum atomic E-state index is 0.271. The van der Waals surface area contributed by atoms with Crippen LogP contribution in [0, 0.1) is 5.41 Å². The Balaban J connectivity index is 2.99. The van der Waals surface area contributed by atoms with Gasteiger partial charge in [-0.05, 0) is 18.9 Å². The fourth-order valence-electron chi connectivity index (χ4n) is 0.918. The molecule has 0 aromatic heterocycles. The molecule has 0 bridgehead atoms. The molecule has 14 heavy (non-hydrogen) atoms. The topological polar surface area (TPSA) is 30.5 Å². The molecule has 0 aliphatic rings. The summed E-state index contributed by atoms with van der Waals surface area (Å²) in [5.74, 6) is 0. The smallest absolute Gasteiger partial charge is 0.0590 e. The fraction of sp³-hybridized carbons (Fsp3) is 1.00. The Labute approximate surface area is 88.2 Å². The summed E-state index contributed by atoms with van der Waals surface area (Å²) < 4.78 is 10.9. The predicted molar refractivity (Wildman–Crippen MR) is 59.6 cm³/mol. The van der Waals surface area contributed by atoms with Crippen LogP contribution in [0.15, 0.2) is 0 Å². The molecule has 0 heterocycles. The van der Waals surface area contributed by atoms with Crippen LogP contribution in [0.5, 0.6) is 0 Å². The van der Waals surface area contributed by atoms with Crippen molar-refractivity contribution < 1.29 is 9.47 Å². The average molecular weight is 203 g/mol. The van der Waals surface area contributed by atoms with Crippen molar-refractivity contribution in [2.45, 2.75) is 27.2 Å². The molecule has 0 saturated heterocycles. The van der Waals surface area contributed by atoms with Gasteiger partial charge in [0.2, 0.25) is 0 Å². The molecule has 0 saturated carbocycles. The Hall–Kier alpha value is -0.120. The van der Waals surface area contributed by atoms with Gasteiger partial charge in [-0.3, -0.25) is 0 Å². The van der Waals surface area contributed by atoms with E-state index in [9.17, 15) is 0 Å². The van der Waals surface area contributed by atoms with Crippen molar-refractivity contribution in [1.82, 2.24) is 5.32 Å². The second kappa shape index (κ2) is 8.21. The lowest BCUT2D eigenvalue weighted by molar-refractivity contribution is 0.0490. The zero-order valence-electron chi connectivity index (χ0n) is 10.1. The molecule has 0 unspecified atom stereocenters. The average Bonchev–Trinajstić information content (AvgIpc) is 2.08. The van der Waals surface area contributed by atoms with E-state index in [2.05, 4.69) is 26.1 Å². The summed E-state index contributed by atoms with van der Waals surface area (Å²) in [4.78, 5) is 0. The van der Waals surface area contributed by atoms with Crippen LogP contribution in [-0.4, -0.2) is 40.0 Å². The number of ether oxygens (including phenoxy) is 2. The number of rotatable bonds is 8. The first-order chi connectivity index (χ1) is 6.56. The van der Waals surface area contributed by atoms with Gasteiger partial charge in [0.1, 0.15) is 0 Å². The second-order valence-electron chi connectivity index (χ2n) is 4.68. The first-order valence-corrected chi connectivity index (χ1v) is 5.36. The van der Waals surface area contributed by atoms with E-state index in [1.807, 2.05) is 7.05 Å². The molecule has 0 spiro atoms. The normalized spacial score (nSPS) is 12.0. The van der Waals surface area contributed by atoms with Crippen molar-refractivity contribution >= 4 is 0 Å². The summed E-state index contributed by atoms with van der Waals surface area (Å²) in [5, 5.41) is 3.03. The zero-order chi connectivity index (χ0) is 10.9. The van der Waals surface area contributed by atoms with Gasteiger partial charge in [0.15, 0.2) is 0 Å². The quantitative estimate of drug-likeness (QED) is 0.609. The largest absolute Gasteiger partial charge is 0.381 e. The van der Waals surface area contributed by atoms with Crippen LogP contribution in [0.1, 0.15) is 27.2 Å². The second-order valence-corrected chi connectivity index (χ2v) is 4.68. The molecular weight excluding hydrogens is 178 g/mol. The fourth-order valence-corrected chi connectivity index (χ4v) is 0.918. The first-order valence-electron chi connectivity index (χ1n) is 5.36. The molecule has 3 nitrogen and oxygen atoms in total. The highest BCUT2D eigenvalue weighted by Crippen LogP contribution is 2.12. The molecule has 1 N–H and O–H groups in total. The Kier molecular flexibility index (Phi) is 8.14. The first kappa shape index (κ1) is 13.9. The molecule has 86 valence electrons. The maximum Gasteiger partial charge on any atom is 0.0590 e. The lowest BCUT2D eigenvalue weighted by atomic mass is 9.99. The van der Waals surface area contributed by atoms with Crippen molar-refractivity contribution in [3.63, 3.8) is 0 Å². The molecule has 3 heteroatoms. The lowest BCUT2D eigenvalue weighted by Crippen LogP contribution is -2.17. The van der Waals surface area contributed by atoms with Crippen LogP contribution in [-0.2, 0) is 9.47 Å². The third-order valence-electron chi connectivity index (χ3n) is 1.61. The number of likely N-dealkylation sites (N-methyl/N-ethyl adjacent to an activating group) is 1. The van der Waals surface area contributed by atoms with Gasteiger partial charge in [-0.25, -0.2) is 0 Å². The summed E-state index contributed by atoms with van der Waals surface area (Å²) in [7, 11) is 1.93. The van der Waals surface area contributed by atoms with Gasteiger partial charge in [0.25, 0.3) is 0 Å². The molecule has 0 rings (SSSR count). The van der Waals surface area contributed by atoms with Gasteiger partial charge in [-0.15, -0.1) is 0 Å². The molecular formula is C11H25NO2. The third-order valence-corrected chi connectivity index (χ3v) is 1.61. The van der Waals surface area contributed by atoms with Crippen molar-refractivity contribution in [2.24, 2.45) is 5.41 Å². The van der Waals surface area contributed by atoms with E-state index in [-0.39, 0.29) is 5.41 Å². The number of hydrogen-bond acceptors (Lipinski definition) is 3. The van der Waals surface area contributed by atoms with Crippen LogP contribution in [0.3, 0.4) is 0 Å². The van der Waals surface area contributed by atoms with Gasteiger partial charge in [0, 0.05) is 19.8 Å². The van der Waals surface area contributed by atoms with Gasteiger partial charge in [0.05, 0.1) is 13.2 Å². The number of nitrogens with one attached hydrogen (secondary N) is 1. The van der Waals surface area contributed by atoms with Gasteiger partial charge >= 0.3 is 0 Å². The van der Waals surface area contributed by atoms with E-state index in [1.54, 1.807) is 0 Å². The van der Waals surface area contributed by atoms with Crippen molar-refractivity contribution in [2.75, 3.05) is 40.0 Å². The molecule has 0 radical (unpaired) electrons. The summed E-state index contributed by atoms with van der Waals surface area (Å²) in [6.07, 6.45) is 0.986. The summed E-state index contributed by atoms with van der Waals surface area (Å²) in [6.45, 7) is 10.7. The maximum absolute atomic E-state index is 5.51.